The zero-order chi connectivity index (χ0) is 28.1. The Balaban J connectivity index is 1.34. The fourth-order valence-electron chi connectivity index (χ4n) is 6.50. The minimum Gasteiger partial charge on any atom is -0.497 e. The van der Waals surface area contributed by atoms with E-state index in [1.165, 1.54) is 29.3 Å². The van der Waals surface area contributed by atoms with Crippen molar-refractivity contribution < 1.29 is 23.0 Å². The molecule has 0 fully saturated rings. The Kier molecular flexibility index (Phi) is 6.39. The summed E-state index contributed by atoms with van der Waals surface area (Å²) in [4.78, 5) is 6.19. The van der Waals surface area contributed by atoms with E-state index in [0.29, 0.717) is 17.1 Å². The molecule has 7 rings (SSSR count). The summed E-state index contributed by atoms with van der Waals surface area (Å²) in [5.74, 6) is 1.47. The molecule has 3 heterocycles. The van der Waals surface area contributed by atoms with E-state index in [1.54, 1.807) is 32.4 Å². The van der Waals surface area contributed by atoms with E-state index in [9.17, 15) is 8.78 Å². The minimum absolute atomic E-state index is 0.0493. The third-order valence-electron chi connectivity index (χ3n) is 8.50. The smallest absolute Gasteiger partial charge is 0.162 e. The van der Waals surface area contributed by atoms with Crippen LogP contribution in [-0.4, -0.2) is 30.6 Å². The van der Waals surface area contributed by atoms with Crippen molar-refractivity contribution in [1.82, 2.24) is 9.88 Å². The summed E-state index contributed by atoms with van der Waals surface area (Å²) in [5, 5.41) is 1.13. The monoisotopic (exact) mass is 552 g/mol. The first-order chi connectivity index (χ1) is 20.0. The van der Waals surface area contributed by atoms with Crippen LogP contribution in [0.2, 0.25) is 0 Å². The van der Waals surface area contributed by atoms with Crippen molar-refractivity contribution in [2.75, 3.05) is 20.8 Å². The topological polar surface area (TPSA) is 46.7 Å². The molecule has 5 aromatic rings. The van der Waals surface area contributed by atoms with Crippen LogP contribution in [0.25, 0.3) is 10.9 Å². The fraction of sp³-hybridized carbons (Fsp3) is 0.235. The van der Waals surface area contributed by atoms with Crippen molar-refractivity contribution >= 4 is 10.9 Å². The highest BCUT2D eigenvalue weighted by atomic mass is 19.1. The van der Waals surface area contributed by atoms with Gasteiger partial charge in [0.05, 0.1) is 20.3 Å². The number of halogens is 2. The normalized spacial score (nSPS) is 18.0. The summed E-state index contributed by atoms with van der Waals surface area (Å²) < 4.78 is 45.8. The van der Waals surface area contributed by atoms with E-state index in [2.05, 4.69) is 34.1 Å². The highest BCUT2D eigenvalue weighted by molar-refractivity contribution is 5.87. The van der Waals surface area contributed by atoms with Gasteiger partial charge in [0.1, 0.15) is 24.0 Å². The number of fused-ring (bicyclic) bond motifs is 6. The average molecular weight is 553 g/mol. The second kappa shape index (κ2) is 10.2. The lowest BCUT2D eigenvalue weighted by Gasteiger charge is -2.46. The van der Waals surface area contributed by atoms with Crippen LogP contribution >= 0.6 is 0 Å². The molecule has 7 heteroatoms. The molecular weight excluding hydrogens is 522 g/mol. The number of hydrogen-bond acceptors (Lipinski definition) is 4. The molecule has 208 valence electrons. The summed E-state index contributed by atoms with van der Waals surface area (Å²) in [6.07, 6.45) is 1.61. The maximum absolute atomic E-state index is 14.3. The van der Waals surface area contributed by atoms with Gasteiger partial charge in [-0.3, -0.25) is 4.90 Å². The number of nitrogens with one attached hydrogen (secondary N) is 1. The lowest BCUT2D eigenvalue weighted by atomic mass is 9.80. The average Bonchev–Trinajstić information content (AvgIpc) is 3.36. The Morgan fingerprint density at radius 2 is 1.73 bits per heavy atom. The van der Waals surface area contributed by atoms with Gasteiger partial charge < -0.3 is 19.2 Å². The second-order valence-electron chi connectivity index (χ2n) is 10.7. The summed E-state index contributed by atoms with van der Waals surface area (Å²) in [7, 11) is 3.31. The standard InChI is InChI=1S/C34H30F2N2O3/c1-39-24-11-12-29-26(16-24)27-17-30-25-18-32(41-19-22-5-3-4-6-28(22)36)31(40-2)15-21(25)13-14-38(30)34(33(27)37-29)20-7-9-23(35)10-8-20/h3-12,15-16,18,30,34,37H,13-14,17,19H2,1-2H3. The van der Waals surface area contributed by atoms with Crippen LogP contribution in [-0.2, 0) is 19.4 Å². The van der Waals surface area contributed by atoms with Gasteiger partial charge in [-0.25, -0.2) is 8.78 Å². The van der Waals surface area contributed by atoms with Crippen molar-refractivity contribution in [2.45, 2.75) is 31.5 Å². The van der Waals surface area contributed by atoms with E-state index < -0.39 is 0 Å². The lowest BCUT2D eigenvalue weighted by Crippen LogP contribution is -2.43. The molecule has 1 N–H and O–H groups in total. The SMILES string of the molecule is COc1ccc2[nH]c3c(c2c1)CC1c2cc(OCc4ccccc4F)c(OC)cc2CCN1C3c1ccc(F)cc1. The number of aromatic amines is 1. The fourth-order valence-corrected chi connectivity index (χ4v) is 6.50. The van der Waals surface area contributed by atoms with Crippen molar-refractivity contribution in [3.05, 3.63) is 124 Å². The molecule has 2 aliphatic heterocycles. The molecule has 0 aliphatic carbocycles. The molecule has 2 atom stereocenters. The molecule has 0 saturated carbocycles. The van der Waals surface area contributed by atoms with Gasteiger partial charge in [0.2, 0.25) is 0 Å². The van der Waals surface area contributed by atoms with E-state index in [-0.39, 0.29) is 30.3 Å². The van der Waals surface area contributed by atoms with Crippen molar-refractivity contribution in [1.29, 1.82) is 0 Å². The van der Waals surface area contributed by atoms with Crippen LogP contribution in [0.5, 0.6) is 17.2 Å². The summed E-state index contributed by atoms with van der Waals surface area (Å²) in [6, 6.07) is 23.6. The highest BCUT2D eigenvalue weighted by Crippen LogP contribution is 2.50. The summed E-state index contributed by atoms with van der Waals surface area (Å²) in [6.45, 7) is 0.928. The van der Waals surface area contributed by atoms with Gasteiger partial charge in [0.25, 0.3) is 0 Å². The second-order valence-corrected chi connectivity index (χ2v) is 10.7. The Morgan fingerprint density at radius 1 is 0.902 bits per heavy atom. The molecule has 1 aromatic heterocycles. The number of H-pyrrole nitrogens is 1. The zero-order valence-electron chi connectivity index (χ0n) is 22.9. The number of aromatic nitrogens is 1. The molecular formula is C34H30F2N2O3. The molecule has 0 saturated heterocycles. The van der Waals surface area contributed by atoms with Gasteiger partial charge in [-0.2, -0.15) is 0 Å². The van der Waals surface area contributed by atoms with Crippen molar-refractivity contribution in [2.24, 2.45) is 0 Å². The number of rotatable bonds is 6. The Morgan fingerprint density at radius 3 is 2.51 bits per heavy atom. The van der Waals surface area contributed by atoms with Crippen LogP contribution in [0.3, 0.4) is 0 Å². The first kappa shape index (κ1) is 25.6. The third-order valence-corrected chi connectivity index (χ3v) is 8.50. The lowest BCUT2D eigenvalue weighted by molar-refractivity contribution is 0.127. The maximum atomic E-state index is 14.3. The largest absolute Gasteiger partial charge is 0.497 e. The van der Waals surface area contributed by atoms with Crippen LogP contribution < -0.4 is 14.2 Å². The Hall–Kier alpha value is -4.36. The maximum Gasteiger partial charge on any atom is 0.162 e. The van der Waals surface area contributed by atoms with Crippen LogP contribution in [0.1, 0.15) is 45.6 Å². The number of nitrogens with zero attached hydrogens (tertiary/aromatic N) is 1. The molecule has 4 aromatic carbocycles. The molecule has 41 heavy (non-hydrogen) atoms. The number of ether oxygens (including phenoxy) is 3. The molecule has 0 amide bonds. The number of hydrogen-bond donors (Lipinski definition) is 1. The molecule has 0 bridgehead atoms. The number of methoxy groups -OCH3 is 2. The highest BCUT2D eigenvalue weighted by Gasteiger charge is 2.41. The van der Waals surface area contributed by atoms with Crippen LogP contribution in [0.4, 0.5) is 8.78 Å². The molecule has 2 aliphatic rings. The minimum atomic E-state index is -0.299. The van der Waals surface area contributed by atoms with E-state index in [4.69, 9.17) is 14.2 Å². The van der Waals surface area contributed by atoms with Crippen LogP contribution in [0.15, 0.2) is 78.9 Å². The molecule has 2 unspecified atom stereocenters. The molecule has 0 radical (unpaired) electrons. The molecule has 0 spiro atoms. The van der Waals surface area contributed by atoms with Gasteiger partial charge >= 0.3 is 0 Å². The van der Waals surface area contributed by atoms with Gasteiger partial charge in [0, 0.05) is 34.7 Å². The predicted molar refractivity (Wildman–Crippen MR) is 154 cm³/mol. The predicted octanol–water partition coefficient (Wildman–Crippen LogP) is 7.29. The summed E-state index contributed by atoms with van der Waals surface area (Å²) >= 11 is 0. The Bertz CT molecular complexity index is 1750. The van der Waals surface area contributed by atoms with Gasteiger partial charge in [0.15, 0.2) is 11.5 Å². The van der Waals surface area contributed by atoms with Crippen molar-refractivity contribution in [3.8, 4) is 17.2 Å². The zero-order valence-corrected chi connectivity index (χ0v) is 22.9. The van der Waals surface area contributed by atoms with Gasteiger partial charge in [-0.1, -0.05) is 30.3 Å². The van der Waals surface area contributed by atoms with Crippen molar-refractivity contribution in [3.63, 3.8) is 0 Å². The van der Waals surface area contributed by atoms with E-state index in [1.807, 2.05) is 18.2 Å². The van der Waals surface area contributed by atoms with E-state index >= 15 is 0 Å². The first-order valence-electron chi connectivity index (χ1n) is 13.8. The summed E-state index contributed by atoms with van der Waals surface area (Å²) in [5.41, 5.74) is 7.29. The first-order valence-corrected chi connectivity index (χ1v) is 13.8. The van der Waals surface area contributed by atoms with Gasteiger partial charge in [-0.05, 0) is 83.6 Å². The number of benzene rings is 4. The quantitative estimate of drug-likeness (QED) is 0.240. The van der Waals surface area contributed by atoms with Gasteiger partial charge in [-0.15, -0.1) is 0 Å². The van der Waals surface area contributed by atoms with Crippen LogP contribution in [0, 0.1) is 11.6 Å². The Labute approximate surface area is 237 Å². The van der Waals surface area contributed by atoms with E-state index in [0.717, 1.165) is 52.9 Å². The molecule has 5 nitrogen and oxygen atoms in total. The third kappa shape index (κ3) is 4.41.